The number of unbranched alkanes of at least 4 members (excludes halogenated alkanes) is 1. The molecule has 0 saturated carbocycles. The van der Waals surface area contributed by atoms with Crippen LogP contribution in [0.4, 0.5) is 5.69 Å². The summed E-state index contributed by atoms with van der Waals surface area (Å²) in [5, 5.41) is 2.73. The van der Waals surface area contributed by atoms with Crippen LogP contribution in [0.25, 0.3) is 6.08 Å². The standard InChI is InChI=1S/C24H25NO6/c1-3-4-14-24(2)30-22(27)20(23(28)31-24)15-17-10-12-19(13-11-17)29-16-21(26)25-18-8-6-5-7-9-18/h5-13,15H,3-4,14,16H2,1-2H3,(H,25,26). The number of rotatable bonds is 8. The highest BCUT2D eigenvalue weighted by atomic mass is 16.7. The maximum Gasteiger partial charge on any atom is 0.348 e. The van der Waals surface area contributed by atoms with E-state index < -0.39 is 17.7 Å². The molecular weight excluding hydrogens is 398 g/mol. The van der Waals surface area contributed by atoms with E-state index in [0.717, 1.165) is 12.8 Å². The molecule has 0 spiro atoms. The molecule has 1 fully saturated rings. The summed E-state index contributed by atoms with van der Waals surface area (Å²) in [6.45, 7) is 3.45. The third-order valence-corrected chi connectivity index (χ3v) is 4.66. The normalized spacial score (nSPS) is 18.1. The Balaban J connectivity index is 1.57. The van der Waals surface area contributed by atoms with Crippen LogP contribution in [0.15, 0.2) is 60.2 Å². The number of anilines is 1. The molecule has 1 aliphatic rings. The van der Waals surface area contributed by atoms with Crippen LogP contribution in [0, 0.1) is 0 Å². The molecule has 1 heterocycles. The van der Waals surface area contributed by atoms with Gasteiger partial charge in [0, 0.05) is 19.0 Å². The van der Waals surface area contributed by atoms with Gasteiger partial charge in [0.25, 0.3) is 11.7 Å². The Morgan fingerprint density at radius 2 is 1.68 bits per heavy atom. The van der Waals surface area contributed by atoms with Gasteiger partial charge in [0.15, 0.2) is 6.61 Å². The molecule has 7 nitrogen and oxygen atoms in total. The van der Waals surface area contributed by atoms with E-state index in [1.54, 1.807) is 43.3 Å². The van der Waals surface area contributed by atoms with Crippen LogP contribution in [-0.2, 0) is 23.9 Å². The third-order valence-electron chi connectivity index (χ3n) is 4.66. The third kappa shape index (κ3) is 6.18. The monoisotopic (exact) mass is 423 g/mol. The van der Waals surface area contributed by atoms with Gasteiger partial charge in [-0.2, -0.15) is 0 Å². The van der Waals surface area contributed by atoms with Crippen molar-refractivity contribution in [1.82, 2.24) is 0 Å². The van der Waals surface area contributed by atoms with Crippen LogP contribution in [0.1, 0.15) is 38.7 Å². The molecular formula is C24H25NO6. The van der Waals surface area contributed by atoms with Crippen molar-refractivity contribution < 1.29 is 28.6 Å². The van der Waals surface area contributed by atoms with Gasteiger partial charge in [-0.25, -0.2) is 9.59 Å². The molecule has 7 heteroatoms. The highest BCUT2D eigenvalue weighted by Crippen LogP contribution is 2.29. The zero-order chi connectivity index (χ0) is 22.3. The quantitative estimate of drug-likeness (QED) is 0.391. The van der Waals surface area contributed by atoms with Crippen molar-refractivity contribution in [2.24, 2.45) is 0 Å². The smallest absolute Gasteiger partial charge is 0.348 e. The predicted molar refractivity (Wildman–Crippen MR) is 115 cm³/mol. The summed E-state index contributed by atoms with van der Waals surface area (Å²) >= 11 is 0. The topological polar surface area (TPSA) is 90.9 Å². The fourth-order valence-corrected chi connectivity index (χ4v) is 3.02. The lowest BCUT2D eigenvalue weighted by Crippen LogP contribution is -2.44. The molecule has 1 N–H and O–H groups in total. The SMILES string of the molecule is CCCCC1(C)OC(=O)C(=Cc2ccc(OCC(=O)Nc3ccccc3)cc2)C(=O)O1. The number of carbonyl (C=O) groups is 3. The second-order valence-electron chi connectivity index (χ2n) is 7.35. The highest BCUT2D eigenvalue weighted by Gasteiger charge is 2.41. The highest BCUT2D eigenvalue weighted by molar-refractivity contribution is 6.18. The van der Waals surface area contributed by atoms with E-state index >= 15 is 0 Å². The van der Waals surface area contributed by atoms with E-state index in [0.29, 0.717) is 23.4 Å². The molecule has 0 bridgehead atoms. The fraction of sp³-hybridized carbons (Fsp3) is 0.292. The summed E-state index contributed by atoms with van der Waals surface area (Å²) in [4.78, 5) is 36.6. The summed E-state index contributed by atoms with van der Waals surface area (Å²) in [5.74, 6) is -2.43. The summed E-state index contributed by atoms with van der Waals surface area (Å²) in [5.41, 5.74) is 1.13. The first-order valence-corrected chi connectivity index (χ1v) is 10.1. The Kier molecular flexibility index (Phi) is 7.07. The average Bonchev–Trinajstić information content (AvgIpc) is 2.75. The van der Waals surface area contributed by atoms with Gasteiger partial charge >= 0.3 is 11.9 Å². The number of nitrogens with one attached hydrogen (secondary N) is 1. The van der Waals surface area contributed by atoms with Gasteiger partial charge in [-0.1, -0.05) is 43.7 Å². The Bertz CT molecular complexity index is 945. The number of hydrogen-bond donors (Lipinski definition) is 1. The number of esters is 2. The van der Waals surface area contributed by atoms with Crippen LogP contribution in [-0.4, -0.2) is 30.2 Å². The molecule has 31 heavy (non-hydrogen) atoms. The van der Waals surface area contributed by atoms with Gasteiger partial charge in [-0.3, -0.25) is 4.79 Å². The maximum atomic E-state index is 12.3. The van der Waals surface area contributed by atoms with Gasteiger partial charge in [0.05, 0.1) is 0 Å². The minimum absolute atomic E-state index is 0.148. The lowest BCUT2D eigenvalue weighted by Gasteiger charge is -2.33. The summed E-state index contributed by atoms with van der Waals surface area (Å²) < 4.78 is 16.2. The summed E-state index contributed by atoms with van der Waals surface area (Å²) in [6.07, 6.45) is 3.55. The van der Waals surface area contributed by atoms with E-state index in [1.807, 2.05) is 25.1 Å². The number of ether oxygens (including phenoxy) is 3. The van der Waals surface area contributed by atoms with E-state index in [-0.39, 0.29) is 18.1 Å². The van der Waals surface area contributed by atoms with Gasteiger partial charge in [-0.15, -0.1) is 0 Å². The molecule has 162 valence electrons. The van der Waals surface area contributed by atoms with Crippen molar-refractivity contribution >= 4 is 29.6 Å². The first kappa shape index (κ1) is 22.1. The van der Waals surface area contributed by atoms with Crippen LogP contribution in [0.3, 0.4) is 0 Å². The van der Waals surface area contributed by atoms with E-state index in [1.165, 1.54) is 6.08 Å². The number of amides is 1. The van der Waals surface area contributed by atoms with E-state index in [2.05, 4.69) is 5.32 Å². The zero-order valence-electron chi connectivity index (χ0n) is 17.6. The average molecular weight is 423 g/mol. The van der Waals surface area contributed by atoms with Crippen molar-refractivity contribution in [2.45, 2.75) is 38.9 Å². The Morgan fingerprint density at radius 1 is 1.03 bits per heavy atom. The van der Waals surface area contributed by atoms with E-state index in [4.69, 9.17) is 14.2 Å². The molecule has 1 aliphatic heterocycles. The van der Waals surface area contributed by atoms with Gasteiger partial charge in [0.1, 0.15) is 11.3 Å². The molecule has 1 amide bonds. The lowest BCUT2D eigenvalue weighted by molar-refractivity contribution is -0.230. The summed E-state index contributed by atoms with van der Waals surface area (Å²) in [6, 6.07) is 15.7. The molecule has 0 aromatic heterocycles. The second kappa shape index (κ2) is 9.93. The molecule has 0 unspecified atom stereocenters. The molecule has 2 aromatic rings. The fourth-order valence-electron chi connectivity index (χ4n) is 3.02. The number of para-hydroxylation sites is 1. The minimum Gasteiger partial charge on any atom is -0.484 e. The van der Waals surface area contributed by atoms with Crippen molar-refractivity contribution in [1.29, 1.82) is 0 Å². The predicted octanol–water partition coefficient (Wildman–Crippen LogP) is 4.09. The van der Waals surface area contributed by atoms with Gasteiger partial charge < -0.3 is 19.5 Å². The molecule has 0 radical (unpaired) electrons. The molecule has 1 saturated heterocycles. The number of hydrogen-bond acceptors (Lipinski definition) is 6. The maximum absolute atomic E-state index is 12.3. The zero-order valence-corrected chi connectivity index (χ0v) is 17.6. The Labute approximate surface area is 181 Å². The van der Waals surface area contributed by atoms with E-state index in [9.17, 15) is 14.4 Å². The molecule has 0 aliphatic carbocycles. The number of cyclic esters (lactones) is 2. The Hall–Kier alpha value is -3.61. The first-order chi connectivity index (χ1) is 14.9. The molecule has 2 aromatic carbocycles. The van der Waals surface area contributed by atoms with Gasteiger partial charge in [-0.05, 0) is 42.3 Å². The van der Waals surface area contributed by atoms with Crippen LogP contribution in [0.5, 0.6) is 5.75 Å². The van der Waals surface area contributed by atoms with Crippen LogP contribution < -0.4 is 10.1 Å². The first-order valence-electron chi connectivity index (χ1n) is 10.1. The lowest BCUT2D eigenvalue weighted by atomic mass is 10.1. The minimum atomic E-state index is -1.22. The van der Waals surface area contributed by atoms with Gasteiger partial charge in [0.2, 0.25) is 0 Å². The molecule has 0 atom stereocenters. The van der Waals surface area contributed by atoms with Crippen molar-refractivity contribution in [3.63, 3.8) is 0 Å². The van der Waals surface area contributed by atoms with Crippen molar-refractivity contribution in [2.75, 3.05) is 11.9 Å². The second-order valence-corrected chi connectivity index (χ2v) is 7.35. The summed E-state index contributed by atoms with van der Waals surface area (Å²) in [7, 11) is 0. The van der Waals surface area contributed by atoms with Crippen molar-refractivity contribution in [3.8, 4) is 5.75 Å². The molecule has 3 rings (SSSR count). The number of benzene rings is 2. The number of carbonyl (C=O) groups excluding carboxylic acids is 3. The largest absolute Gasteiger partial charge is 0.484 e. The van der Waals surface area contributed by atoms with Crippen LogP contribution >= 0.6 is 0 Å². The van der Waals surface area contributed by atoms with Crippen LogP contribution in [0.2, 0.25) is 0 Å². The Morgan fingerprint density at radius 3 is 2.29 bits per heavy atom. The van der Waals surface area contributed by atoms with Crippen molar-refractivity contribution in [3.05, 3.63) is 65.7 Å².